The third kappa shape index (κ3) is 5.25. The van der Waals surface area contributed by atoms with Gasteiger partial charge < -0.3 is 15.1 Å². The smallest absolute Gasteiger partial charge is 0.193 e. The highest BCUT2D eigenvalue weighted by molar-refractivity contribution is 5.80. The number of nitrogens with one attached hydrogen (secondary N) is 1. The second-order valence-electron chi connectivity index (χ2n) is 5.45. The van der Waals surface area contributed by atoms with E-state index in [1.165, 1.54) is 32.2 Å². The minimum atomic E-state index is 0.648. The van der Waals surface area contributed by atoms with Crippen LogP contribution in [0, 0.1) is 0 Å². The molecule has 0 amide bonds. The van der Waals surface area contributed by atoms with Gasteiger partial charge >= 0.3 is 0 Å². The van der Waals surface area contributed by atoms with Crippen molar-refractivity contribution in [3.63, 3.8) is 0 Å². The van der Waals surface area contributed by atoms with E-state index < -0.39 is 0 Å². The van der Waals surface area contributed by atoms with Crippen LogP contribution in [0.25, 0.3) is 0 Å². The highest BCUT2D eigenvalue weighted by Crippen LogP contribution is 2.07. The summed E-state index contributed by atoms with van der Waals surface area (Å²) in [5, 5.41) is 3.47. The highest BCUT2D eigenvalue weighted by Gasteiger charge is 2.14. The van der Waals surface area contributed by atoms with Gasteiger partial charge in [0.2, 0.25) is 0 Å². The van der Waals surface area contributed by atoms with Gasteiger partial charge in [0, 0.05) is 32.7 Å². The fourth-order valence-electron chi connectivity index (χ4n) is 2.21. The maximum atomic E-state index is 4.35. The number of guanidine groups is 1. The van der Waals surface area contributed by atoms with Gasteiger partial charge in [-0.2, -0.15) is 0 Å². The van der Waals surface area contributed by atoms with Gasteiger partial charge in [-0.05, 0) is 53.1 Å². The first-order chi connectivity index (χ1) is 8.65. The number of unbranched alkanes of at least 4 members (excludes halogenated alkanes) is 1. The molecule has 4 heteroatoms. The lowest BCUT2D eigenvalue weighted by atomic mass is 10.2. The Morgan fingerprint density at radius 3 is 2.50 bits per heavy atom. The Labute approximate surface area is 112 Å². The van der Waals surface area contributed by atoms with Crippen molar-refractivity contribution in [3.8, 4) is 0 Å². The van der Waals surface area contributed by atoms with Crippen LogP contribution in [0.4, 0.5) is 0 Å². The zero-order chi connectivity index (χ0) is 13.4. The Balaban J connectivity index is 2.09. The Morgan fingerprint density at radius 2 is 1.94 bits per heavy atom. The Hall–Kier alpha value is -0.770. The lowest BCUT2D eigenvalue weighted by molar-refractivity contribution is 0.268. The van der Waals surface area contributed by atoms with Gasteiger partial charge in [0.15, 0.2) is 5.96 Å². The summed E-state index contributed by atoms with van der Waals surface area (Å²) in [7, 11) is 4.08. The summed E-state index contributed by atoms with van der Waals surface area (Å²) in [5.74, 6) is 1.09. The number of hydrogen-bond donors (Lipinski definition) is 1. The lowest BCUT2D eigenvalue weighted by Gasteiger charge is -2.22. The summed E-state index contributed by atoms with van der Waals surface area (Å²) in [6, 6.07) is 0.648. The second-order valence-corrected chi connectivity index (χ2v) is 5.45. The maximum absolute atomic E-state index is 4.35. The fraction of sp³-hybridized carbons (Fsp3) is 0.929. The molecule has 0 spiro atoms. The Kier molecular flexibility index (Phi) is 7.09. The molecular weight excluding hydrogens is 224 g/mol. The van der Waals surface area contributed by atoms with E-state index in [0.29, 0.717) is 6.04 Å². The van der Waals surface area contributed by atoms with Crippen LogP contribution in [0.2, 0.25) is 0 Å². The summed E-state index contributed by atoms with van der Waals surface area (Å²) in [6.45, 7) is 9.03. The van der Waals surface area contributed by atoms with E-state index in [1.807, 2.05) is 7.05 Å². The molecule has 1 heterocycles. The van der Waals surface area contributed by atoms with Gasteiger partial charge in [0.1, 0.15) is 0 Å². The van der Waals surface area contributed by atoms with E-state index in [2.05, 4.69) is 41.0 Å². The topological polar surface area (TPSA) is 30.9 Å². The average molecular weight is 254 g/mol. The van der Waals surface area contributed by atoms with E-state index in [-0.39, 0.29) is 0 Å². The van der Waals surface area contributed by atoms with Crippen LogP contribution in [-0.2, 0) is 0 Å². The predicted octanol–water partition coefficient (Wildman–Crippen LogP) is 1.78. The third-order valence-electron chi connectivity index (χ3n) is 3.72. The van der Waals surface area contributed by atoms with Crippen molar-refractivity contribution in [2.75, 3.05) is 40.3 Å². The van der Waals surface area contributed by atoms with Crippen LogP contribution < -0.4 is 5.32 Å². The fourth-order valence-corrected chi connectivity index (χ4v) is 2.21. The largest absolute Gasteiger partial charge is 0.356 e. The molecule has 0 aromatic rings. The third-order valence-corrected chi connectivity index (χ3v) is 3.72. The standard InChI is InChI=1S/C14H30N4/c1-13(2)17(4)10-6-5-9-16-14(15-3)18-11-7-8-12-18/h13H,5-12H2,1-4H3,(H,15,16). The van der Waals surface area contributed by atoms with E-state index in [9.17, 15) is 0 Å². The van der Waals surface area contributed by atoms with Gasteiger partial charge in [0.25, 0.3) is 0 Å². The first-order valence-corrected chi connectivity index (χ1v) is 7.31. The quantitative estimate of drug-likeness (QED) is 0.445. The van der Waals surface area contributed by atoms with Crippen LogP contribution in [0.1, 0.15) is 39.5 Å². The monoisotopic (exact) mass is 254 g/mol. The minimum Gasteiger partial charge on any atom is -0.356 e. The normalized spacial score (nSPS) is 17.0. The molecule has 1 rings (SSSR count). The number of nitrogens with zero attached hydrogens (tertiary/aromatic N) is 3. The van der Waals surface area contributed by atoms with Crippen LogP contribution in [0.5, 0.6) is 0 Å². The highest BCUT2D eigenvalue weighted by atomic mass is 15.3. The molecular formula is C14H30N4. The molecule has 0 aromatic heterocycles. The first-order valence-electron chi connectivity index (χ1n) is 7.31. The average Bonchev–Trinajstić information content (AvgIpc) is 2.87. The Bertz CT molecular complexity index is 244. The zero-order valence-electron chi connectivity index (χ0n) is 12.6. The van der Waals surface area contributed by atoms with Crippen molar-refractivity contribution >= 4 is 5.96 Å². The summed E-state index contributed by atoms with van der Waals surface area (Å²) in [5.41, 5.74) is 0. The molecule has 0 aromatic carbocycles. The molecule has 1 fully saturated rings. The number of hydrogen-bond acceptors (Lipinski definition) is 2. The molecule has 1 aliphatic heterocycles. The van der Waals surface area contributed by atoms with Gasteiger partial charge in [-0.1, -0.05) is 0 Å². The van der Waals surface area contributed by atoms with Crippen LogP contribution in [0.3, 0.4) is 0 Å². The first kappa shape index (κ1) is 15.3. The number of rotatable bonds is 6. The minimum absolute atomic E-state index is 0.648. The van der Waals surface area contributed by atoms with Crippen LogP contribution >= 0.6 is 0 Å². The van der Waals surface area contributed by atoms with Gasteiger partial charge in [-0.25, -0.2) is 0 Å². The molecule has 4 nitrogen and oxygen atoms in total. The Morgan fingerprint density at radius 1 is 1.28 bits per heavy atom. The van der Waals surface area contributed by atoms with Crippen molar-refractivity contribution < 1.29 is 0 Å². The summed E-state index contributed by atoms with van der Waals surface area (Å²) < 4.78 is 0. The molecule has 1 N–H and O–H groups in total. The second kappa shape index (κ2) is 8.35. The van der Waals surface area contributed by atoms with E-state index in [1.54, 1.807) is 0 Å². The molecule has 106 valence electrons. The zero-order valence-corrected chi connectivity index (χ0v) is 12.6. The van der Waals surface area contributed by atoms with E-state index in [0.717, 1.165) is 25.6 Å². The molecule has 0 bridgehead atoms. The summed E-state index contributed by atoms with van der Waals surface area (Å²) in [6.07, 6.45) is 5.07. The molecule has 0 radical (unpaired) electrons. The summed E-state index contributed by atoms with van der Waals surface area (Å²) >= 11 is 0. The van der Waals surface area contributed by atoms with Gasteiger partial charge in [-0.15, -0.1) is 0 Å². The molecule has 0 atom stereocenters. The van der Waals surface area contributed by atoms with Crippen molar-refractivity contribution in [3.05, 3.63) is 0 Å². The van der Waals surface area contributed by atoms with E-state index in [4.69, 9.17) is 0 Å². The van der Waals surface area contributed by atoms with E-state index >= 15 is 0 Å². The SMILES string of the molecule is CN=C(NCCCCN(C)C(C)C)N1CCCC1. The van der Waals surface area contributed by atoms with Crippen molar-refractivity contribution in [1.82, 2.24) is 15.1 Å². The maximum Gasteiger partial charge on any atom is 0.193 e. The number of likely N-dealkylation sites (tertiary alicyclic amines) is 1. The van der Waals surface area contributed by atoms with Gasteiger partial charge in [-0.3, -0.25) is 4.99 Å². The van der Waals surface area contributed by atoms with Crippen molar-refractivity contribution in [2.45, 2.75) is 45.6 Å². The van der Waals surface area contributed by atoms with Crippen molar-refractivity contribution in [1.29, 1.82) is 0 Å². The molecule has 0 aliphatic carbocycles. The van der Waals surface area contributed by atoms with Crippen LogP contribution in [0.15, 0.2) is 4.99 Å². The van der Waals surface area contributed by atoms with Gasteiger partial charge in [0.05, 0.1) is 0 Å². The molecule has 0 unspecified atom stereocenters. The van der Waals surface area contributed by atoms with Crippen molar-refractivity contribution in [2.24, 2.45) is 4.99 Å². The predicted molar refractivity (Wildman–Crippen MR) is 79.2 cm³/mol. The lowest BCUT2D eigenvalue weighted by Crippen LogP contribution is -2.40. The molecule has 1 saturated heterocycles. The molecule has 1 aliphatic rings. The number of aliphatic imine (C=N–C) groups is 1. The summed E-state index contributed by atoms with van der Waals surface area (Å²) in [4.78, 5) is 9.11. The molecule has 0 saturated carbocycles. The van der Waals surface area contributed by atoms with Crippen LogP contribution in [-0.4, -0.2) is 62.1 Å². The molecule has 18 heavy (non-hydrogen) atoms.